The molecule has 7 heteroatoms. The van der Waals surface area contributed by atoms with E-state index >= 15 is 0 Å². The third-order valence-electron chi connectivity index (χ3n) is 6.73. The number of rotatable bonds is 7. The first-order valence-corrected chi connectivity index (χ1v) is 11.9. The number of anilines is 1. The van der Waals surface area contributed by atoms with Gasteiger partial charge in [-0.3, -0.25) is 9.69 Å². The van der Waals surface area contributed by atoms with Crippen LogP contribution >= 0.6 is 0 Å². The van der Waals surface area contributed by atoms with E-state index in [9.17, 15) is 9.59 Å². The van der Waals surface area contributed by atoms with Gasteiger partial charge in [-0.25, -0.2) is 4.79 Å². The molecular formula is C26H34N4O3. The molecule has 0 spiro atoms. The Hall–Kier alpha value is -3.06. The molecule has 0 bridgehead atoms. The molecule has 0 aliphatic carbocycles. The monoisotopic (exact) mass is 450 g/mol. The molecule has 2 aliphatic heterocycles. The van der Waals surface area contributed by atoms with Crippen molar-refractivity contribution in [3.05, 3.63) is 60.2 Å². The molecule has 0 aromatic heterocycles. The summed E-state index contributed by atoms with van der Waals surface area (Å²) in [6.07, 6.45) is 3.72. The predicted octanol–water partition coefficient (Wildman–Crippen LogP) is 3.89. The number of hydrogen-bond donors (Lipinski definition) is 2. The van der Waals surface area contributed by atoms with Crippen molar-refractivity contribution >= 4 is 17.6 Å². The van der Waals surface area contributed by atoms with Gasteiger partial charge in [0.2, 0.25) is 5.91 Å². The van der Waals surface area contributed by atoms with Crippen molar-refractivity contribution in [1.82, 2.24) is 15.1 Å². The summed E-state index contributed by atoms with van der Waals surface area (Å²) in [5, 5.41) is 6.13. The lowest BCUT2D eigenvalue weighted by Crippen LogP contribution is -2.45. The Balaban J connectivity index is 1.31. The van der Waals surface area contributed by atoms with Gasteiger partial charge < -0.3 is 20.3 Å². The van der Waals surface area contributed by atoms with Crippen LogP contribution in [0.3, 0.4) is 0 Å². The molecular weight excluding hydrogens is 416 g/mol. The number of urea groups is 1. The standard InChI is InChI=1S/C26H34N4O3/c1-33-24-12-6-5-11-22(24)23(29-15-7-8-16-29)19-27-25(31)20-13-17-30(18-14-20)26(32)28-21-9-3-2-4-10-21/h2-6,9-12,20,23H,7-8,13-19H2,1H3,(H,27,31)(H,28,32)/t23-/m1/s1. The zero-order chi connectivity index (χ0) is 23.0. The zero-order valence-electron chi connectivity index (χ0n) is 19.3. The number of benzene rings is 2. The van der Waals surface area contributed by atoms with Crippen molar-refractivity contribution in [2.45, 2.75) is 31.7 Å². The van der Waals surface area contributed by atoms with E-state index in [2.05, 4.69) is 21.6 Å². The normalized spacial score (nSPS) is 18.0. The molecule has 0 saturated carbocycles. The third-order valence-corrected chi connectivity index (χ3v) is 6.73. The number of para-hydroxylation sites is 2. The Kier molecular flexibility index (Phi) is 7.83. The number of likely N-dealkylation sites (tertiary alicyclic amines) is 2. The van der Waals surface area contributed by atoms with E-state index in [1.54, 1.807) is 12.0 Å². The second-order valence-electron chi connectivity index (χ2n) is 8.80. The summed E-state index contributed by atoms with van der Waals surface area (Å²) in [5.41, 5.74) is 1.90. The van der Waals surface area contributed by atoms with Crippen molar-refractivity contribution in [1.29, 1.82) is 0 Å². The molecule has 176 valence electrons. The minimum absolute atomic E-state index is 0.0670. The van der Waals surface area contributed by atoms with Crippen LogP contribution in [-0.4, -0.2) is 61.6 Å². The Morgan fingerprint density at radius 1 is 0.970 bits per heavy atom. The van der Waals surface area contributed by atoms with Gasteiger partial charge in [-0.1, -0.05) is 36.4 Å². The summed E-state index contributed by atoms with van der Waals surface area (Å²) in [6, 6.07) is 17.5. The Morgan fingerprint density at radius 3 is 2.33 bits per heavy atom. The van der Waals surface area contributed by atoms with Gasteiger partial charge in [-0.05, 0) is 57.0 Å². The third kappa shape index (κ3) is 5.85. The Labute approximate surface area is 196 Å². The molecule has 2 N–H and O–H groups in total. The number of piperidine rings is 1. The molecule has 2 saturated heterocycles. The molecule has 33 heavy (non-hydrogen) atoms. The van der Waals surface area contributed by atoms with Gasteiger partial charge in [0.15, 0.2) is 0 Å². The maximum atomic E-state index is 13.0. The second-order valence-corrected chi connectivity index (χ2v) is 8.80. The highest BCUT2D eigenvalue weighted by Crippen LogP contribution is 2.31. The number of carbonyl (C=O) groups excluding carboxylic acids is 2. The molecule has 1 atom stereocenters. The zero-order valence-corrected chi connectivity index (χ0v) is 19.3. The lowest BCUT2D eigenvalue weighted by Gasteiger charge is -2.33. The van der Waals surface area contributed by atoms with E-state index in [1.807, 2.05) is 48.5 Å². The van der Waals surface area contributed by atoms with Crippen LogP contribution in [0.5, 0.6) is 5.75 Å². The summed E-state index contributed by atoms with van der Waals surface area (Å²) < 4.78 is 5.60. The van der Waals surface area contributed by atoms with Crippen molar-refractivity contribution in [3.8, 4) is 5.75 Å². The molecule has 0 radical (unpaired) electrons. The number of nitrogens with one attached hydrogen (secondary N) is 2. The Morgan fingerprint density at radius 2 is 1.64 bits per heavy atom. The van der Waals surface area contributed by atoms with Crippen LogP contribution in [0, 0.1) is 5.92 Å². The maximum absolute atomic E-state index is 13.0. The fourth-order valence-corrected chi connectivity index (χ4v) is 4.84. The highest BCUT2D eigenvalue weighted by molar-refractivity contribution is 5.89. The lowest BCUT2D eigenvalue weighted by atomic mass is 9.95. The second kappa shape index (κ2) is 11.2. The predicted molar refractivity (Wildman–Crippen MR) is 129 cm³/mol. The first-order chi connectivity index (χ1) is 16.2. The number of carbonyl (C=O) groups is 2. The number of amides is 3. The molecule has 7 nitrogen and oxygen atoms in total. The van der Waals surface area contributed by atoms with Crippen LogP contribution in [0.15, 0.2) is 54.6 Å². The van der Waals surface area contributed by atoms with Gasteiger partial charge in [0, 0.05) is 36.8 Å². The van der Waals surface area contributed by atoms with Crippen molar-refractivity contribution in [3.63, 3.8) is 0 Å². The van der Waals surface area contributed by atoms with E-state index in [0.717, 1.165) is 30.1 Å². The SMILES string of the molecule is COc1ccccc1[C@@H](CNC(=O)C1CCN(C(=O)Nc2ccccc2)CC1)N1CCCC1. The first-order valence-electron chi connectivity index (χ1n) is 11.9. The summed E-state index contributed by atoms with van der Waals surface area (Å²) in [7, 11) is 1.69. The van der Waals surface area contributed by atoms with Gasteiger partial charge in [0.25, 0.3) is 0 Å². The summed E-state index contributed by atoms with van der Waals surface area (Å²) in [4.78, 5) is 29.7. The first kappa shape index (κ1) is 23.1. The van der Waals surface area contributed by atoms with Gasteiger partial charge in [-0.2, -0.15) is 0 Å². The number of ether oxygens (including phenoxy) is 1. The average molecular weight is 451 g/mol. The minimum Gasteiger partial charge on any atom is -0.496 e. The molecule has 2 aromatic rings. The van der Waals surface area contributed by atoms with E-state index in [-0.39, 0.29) is 23.9 Å². The van der Waals surface area contributed by atoms with Gasteiger partial charge in [-0.15, -0.1) is 0 Å². The summed E-state index contributed by atoms with van der Waals surface area (Å²) in [5.74, 6) is 0.876. The van der Waals surface area contributed by atoms with Crippen LogP contribution in [0.2, 0.25) is 0 Å². The summed E-state index contributed by atoms with van der Waals surface area (Å²) >= 11 is 0. The van der Waals surface area contributed by atoms with Gasteiger partial charge in [0.05, 0.1) is 13.2 Å². The fourth-order valence-electron chi connectivity index (χ4n) is 4.84. The average Bonchev–Trinajstić information content (AvgIpc) is 3.40. The topological polar surface area (TPSA) is 73.9 Å². The minimum atomic E-state index is -0.106. The molecule has 4 rings (SSSR count). The molecule has 3 amide bonds. The molecule has 2 heterocycles. The smallest absolute Gasteiger partial charge is 0.321 e. The van der Waals surface area contributed by atoms with Crippen molar-refractivity contribution in [2.75, 3.05) is 45.2 Å². The highest BCUT2D eigenvalue weighted by atomic mass is 16.5. The quantitative estimate of drug-likeness (QED) is 0.671. The van der Waals surface area contributed by atoms with Crippen molar-refractivity contribution < 1.29 is 14.3 Å². The summed E-state index contributed by atoms with van der Waals surface area (Å²) in [6.45, 7) is 3.80. The largest absolute Gasteiger partial charge is 0.496 e. The fraction of sp³-hybridized carbons (Fsp3) is 0.462. The lowest BCUT2D eigenvalue weighted by molar-refractivity contribution is -0.126. The highest BCUT2D eigenvalue weighted by Gasteiger charge is 2.30. The number of hydrogen-bond acceptors (Lipinski definition) is 4. The van der Waals surface area contributed by atoms with Crippen LogP contribution in [-0.2, 0) is 4.79 Å². The van der Waals surface area contributed by atoms with Crippen LogP contribution in [0.1, 0.15) is 37.3 Å². The Bertz CT molecular complexity index is 922. The molecule has 2 aliphatic rings. The van der Waals surface area contributed by atoms with E-state index in [1.165, 1.54) is 12.8 Å². The maximum Gasteiger partial charge on any atom is 0.321 e. The van der Waals surface area contributed by atoms with E-state index in [0.29, 0.717) is 32.5 Å². The van der Waals surface area contributed by atoms with E-state index in [4.69, 9.17) is 4.74 Å². The molecule has 0 unspecified atom stereocenters. The van der Waals surface area contributed by atoms with Crippen LogP contribution in [0.4, 0.5) is 10.5 Å². The number of methoxy groups -OCH3 is 1. The number of nitrogens with zero attached hydrogens (tertiary/aromatic N) is 2. The van der Waals surface area contributed by atoms with Gasteiger partial charge >= 0.3 is 6.03 Å². The molecule has 2 aromatic carbocycles. The van der Waals surface area contributed by atoms with Crippen LogP contribution in [0.25, 0.3) is 0 Å². The van der Waals surface area contributed by atoms with Gasteiger partial charge in [0.1, 0.15) is 5.75 Å². The van der Waals surface area contributed by atoms with E-state index < -0.39 is 0 Å². The van der Waals surface area contributed by atoms with Crippen LogP contribution < -0.4 is 15.4 Å². The van der Waals surface area contributed by atoms with Crippen molar-refractivity contribution in [2.24, 2.45) is 5.92 Å². The molecule has 2 fully saturated rings.